The van der Waals surface area contributed by atoms with Crippen LogP contribution in [0.2, 0.25) is 0 Å². The van der Waals surface area contributed by atoms with E-state index in [9.17, 15) is 9.90 Å². The number of hydrogen-bond donors (Lipinski definition) is 1. The van der Waals surface area contributed by atoms with Gasteiger partial charge in [-0.2, -0.15) is 0 Å². The summed E-state index contributed by atoms with van der Waals surface area (Å²) in [6, 6.07) is 4.07. The Balaban J connectivity index is 1.89. The number of hydrogen-bond acceptors (Lipinski definition) is 3. The van der Waals surface area contributed by atoms with Crippen LogP contribution in [-0.2, 0) is 11.2 Å². The Morgan fingerprint density at radius 1 is 1.75 bits per heavy atom. The van der Waals surface area contributed by atoms with Crippen LogP contribution in [0, 0.1) is 5.92 Å². The standard InChI is InChI=1S/C12H17NO2S/c1-9(7-11-3-2-6-16-11)12(15)13-5-4-10(14)8-13/h2-3,6,9-10,14H,4-5,7-8H2,1H3/t9?,10-/m0/s1. The second kappa shape index (κ2) is 4.97. The summed E-state index contributed by atoms with van der Waals surface area (Å²) in [5.41, 5.74) is 0. The minimum absolute atomic E-state index is 0.0175. The maximum Gasteiger partial charge on any atom is 0.225 e. The summed E-state index contributed by atoms with van der Waals surface area (Å²) in [6.45, 7) is 3.18. The van der Waals surface area contributed by atoms with Crippen LogP contribution in [0.3, 0.4) is 0 Å². The molecule has 1 aliphatic rings. The van der Waals surface area contributed by atoms with Crippen LogP contribution in [0.15, 0.2) is 17.5 Å². The molecule has 1 fully saturated rings. The van der Waals surface area contributed by atoms with Gasteiger partial charge in [-0.1, -0.05) is 13.0 Å². The molecule has 4 heteroatoms. The molecule has 2 atom stereocenters. The maximum absolute atomic E-state index is 12.0. The van der Waals surface area contributed by atoms with Gasteiger partial charge in [0.25, 0.3) is 0 Å². The van der Waals surface area contributed by atoms with E-state index in [1.54, 1.807) is 16.2 Å². The number of aliphatic hydroxyl groups is 1. The largest absolute Gasteiger partial charge is 0.391 e. The third-order valence-electron chi connectivity index (χ3n) is 2.98. The van der Waals surface area contributed by atoms with Crippen molar-refractivity contribution in [3.05, 3.63) is 22.4 Å². The molecule has 0 spiro atoms. The van der Waals surface area contributed by atoms with Crippen LogP contribution in [0.5, 0.6) is 0 Å². The number of nitrogens with zero attached hydrogens (tertiary/aromatic N) is 1. The zero-order chi connectivity index (χ0) is 11.5. The fraction of sp³-hybridized carbons (Fsp3) is 0.583. The number of thiophene rings is 1. The first-order valence-electron chi connectivity index (χ1n) is 5.66. The van der Waals surface area contributed by atoms with Crippen LogP contribution < -0.4 is 0 Å². The lowest BCUT2D eigenvalue weighted by Gasteiger charge is -2.19. The molecule has 1 N–H and O–H groups in total. The molecule has 0 aromatic carbocycles. The van der Waals surface area contributed by atoms with Crippen molar-refractivity contribution in [2.75, 3.05) is 13.1 Å². The second-order valence-electron chi connectivity index (χ2n) is 4.41. The molecule has 1 saturated heterocycles. The van der Waals surface area contributed by atoms with Crippen LogP contribution in [0.1, 0.15) is 18.2 Å². The van der Waals surface area contributed by atoms with Crippen molar-refractivity contribution in [3.63, 3.8) is 0 Å². The summed E-state index contributed by atoms with van der Waals surface area (Å²) in [6.07, 6.45) is 1.21. The highest BCUT2D eigenvalue weighted by Gasteiger charge is 2.27. The average Bonchev–Trinajstić information content (AvgIpc) is 2.88. The van der Waals surface area contributed by atoms with Crippen molar-refractivity contribution < 1.29 is 9.90 Å². The van der Waals surface area contributed by atoms with Crippen molar-refractivity contribution in [1.82, 2.24) is 4.90 Å². The SMILES string of the molecule is CC(Cc1cccs1)C(=O)N1CC[C@H](O)C1. The summed E-state index contributed by atoms with van der Waals surface area (Å²) in [4.78, 5) is 15.1. The molecule has 0 aliphatic carbocycles. The van der Waals surface area contributed by atoms with E-state index in [1.165, 1.54) is 4.88 Å². The van der Waals surface area contributed by atoms with E-state index < -0.39 is 0 Å². The lowest BCUT2D eigenvalue weighted by Crippen LogP contribution is -2.34. The quantitative estimate of drug-likeness (QED) is 0.869. The molecule has 0 saturated carbocycles. The van der Waals surface area contributed by atoms with Gasteiger partial charge in [0.2, 0.25) is 5.91 Å². The lowest BCUT2D eigenvalue weighted by atomic mass is 10.1. The third kappa shape index (κ3) is 2.62. The van der Waals surface area contributed by atoms with Crippen molar-refractivity contribution >= 4 is 17.2 Å². The summed E-state index contributed by atoms with van der Waals surface area (Å²) in [5.74, 6) is 0.189. The number of carbonyl (C=O) groups excluding carboxylic acids is 1. The Bertz CT molecular complexity index is 350. The number of rotatable bonds is 3. The van der Waals surface area contributed by atoms with Crippen molar-refractivity contribution in [2.45, 2.75) is 25.9 Å². The molecule has 1 amide bonds. The second-order valence-corrected chi connectivity index (χ2v) is 5.44. The predicted molar refractivity (Wildman–Crippen MR) is 64.4 cm³/mol. The van der Waals surface area contributed by atoms with Gasteiger partial charge in [0, 0.05) is 23.9 Å². The van der Waals surface area contributed by atoms with E-state index in [-0.39, 0.29) is 17.9 Å². The molecular formula is C12H17NO2S. The molecule has 1 aromatic heterocycles. The molecule has 16 heavy (non-hydrogen) atoms. The Morgan fingerprint density at radius 3 is 3.12 bits per heavy atom. The first-order chi connectivity index (χ1) is 7.66. The maximum atomic E-state index is 12.0. The first kappa shape index (κ1) is 11.6. The lowest BCUT2D eigenvalue weighted by molar-refractivity contribution is -0.134. The molecule has 3 nitrogen and oxygen atoms in total. The van der Waals surface area contributed by atoms with Gasteiger partial charge in [-0.15, -0.1) is 11.3 Å². The predicted octanol–water partition coefficient (Wildman–Crippen LogP) is 1.52. The van der Waals surface area contributed by atoms with Crippen molar-refractivity contribution in [2.24, 2.45) is 5.92 Å². The topological polar surface area (TPSA) is 40.5 Å². The van der Waals surface area contributed by atoms with E-state index in [0.29, 0.717) is 13.1 Å². The molecule has 1 aromatic rings. The van der Waals surface area contributed by atoms with Gasteiger partial charge in [0.1, 0.15) is 0 Å². The van der Waals surface area contributed by atoms with Gasteiger partial charge in [-0.3, -0.25) is 4.79 Å². The van der Waals surface area contributed by atoms with Crippen LogP contribution in [0.4, 0.5) is 0 Å². The van der Waals surface area contributed by atoms with Crippen molar-refractivity contribution in [1.29, 1.82) is 0 Å². The average molecular weight is 239 g/mol. The van der Waals surface area contributed by atoms with E-state index >= 15 is 0 Å². The van der Waals surface area contributed by atoms with Crippen LogP contribution in [-0.4, -0.2) is 35.1 Å². The van der Waals surface area contributed by atoms with Gasteiger partial charge in [0.15, 0.2) is 0 Å². The fourth-order valence-corrected chi connectivity index (χ4v) is 2.91. The Labute approximate surface area is 99.7 Å². The highest BCUT2D eigenvalue weighted by molar-refractivity contribution is 7.09. The third-order valence-corrected chi connectivity index (χ3v) is 3.88. The highest BCUT2D eigenvalue weighted by atomic mass is 32.1. The smallest absolute Gasteiger partial charge is 0.225 e. The molecule has 1 unspecified atom stereocenters. The number of likely N-dealkylation sites (tertiary alicyclic amines) is 1. The molecule has 2 rings (SSSR count). The molecule has 1 aliphatic heterocycles. The van der Waals surface area contributed by atoms with Crippen LogP contribution >= 0.6 is 11.3 Å². The van der Waals surface area contributed by atoms with E-state index in [4.69, 9.17) is 0 Å². The minimum atomic E-state index is -0.321. The monoisotopic (exact) mass is 239 g/mol. The Kier molecular flexibility index (Phi) is 3.61. The van der Waals surface area contributed by atoms with Gasteiger partial charge in [-0.25, -0.2) is 0 Å². The summed E-state index contributed by atoms with van der Waals surface area (Å²) >= 11 is 1.69. The number of carbonyl (C=O) groups is 1. The minimum Gasteiger partial charge on any atom is -0.391 e. The molecule has 88 valence electrons. The molecule has 0 radical (unpaired) electrons. The van der Waals surface area contributed by atoms with Gasteiger partial charge >= 0.3 is 0 Å². The Morgan fingerprint density at radius 2 is 2.56 bits per heavy atom. The zero-order valence-corrected chi connectivity index (χ0v) is 10.2. The molecular weight excluding hydrogens is 222 g/mol. The molecule has 0 bridgehead atoms. The number of amides is 1. The number of β-amino-alcohol motifs (C(OH)–C–C–N with tert-alkyl or cyclic N) is 1. The van der Waals surface area contributed by atoms with E-state index in [1.807, 2.05) is 18.4 Å². The summed E-state index contributed by atoms with van der Waals surface area (Å²) in [7, 11) is 0. The zero-order valence-electron chi connectivity index (χ0n) is 9.43. The first-order valence-corrected chi connectivity index (χ1v) is 6.54. The summed E-state index contributed by atoms with van der Waals surface area (Å²) in [5, 5.41) is 11.4. The van der Waals surface area contributed by atoms with Crippen molar-refractivity contribution in [3.8, 4) is 0 Å². The normalized spacial score (nSPS) is 22.4. The van der Waals surface area contributed by atoms with Gasteiger partial charge in [0.05, 0.1) is 6.10 Å². The van der Waals surface area contributed by atoms with E-state index in [0.717, 1.165) is 12.8 Å². The van der Waals surface area contributed by atoms with E-state index in [2.05, 4.69) is 6.07 Å². The fourth-order valence-electron chi connectivity index (χ4n) is 2.07. The summed E-state index contributed by atoms with van der Waals surface area (Å²) < 4.78 is 0. The highest BCUT2D eigenvalue weighted by Crippen LogP contribution is 2.18. The molecule has 2 heterocycles. The van der Waals surface area contributed by atoms with Crippen LogP contribution in [0.25, 0.3) is 0 Å². The van der Waals surface area contributed by atoms with Gasteiger partial charge in [-0.05, 0) is 24.3 Å². The van der Waals surface area contributed by atoms with Gasteiger partial charge < -0.3 is 10.0 Å². The number of aliphatic hydroxyl groups excluding tert-OH is 1. The Hall–Kier alpha value is -0.870.